The van der Waals surface area contributed by atoms with Crippen molar-refractivity contribution in [2.24, 2.45) is 0 Å². The summed E-state index contributed by atoms with van der Waals surface area (Å²) in [7, 11) is 1.66. The van der Waals surface area contributed by atoms with E-state index >= 15 is 0 Å². The summed E-state index contributed by atoms with van der Waals surface area (Å²) in [6.07, 6.45) is 4.22. The maximum Gasteiger partial charge on any atom is 0.118 e. The lowest BCUT2D eigenvalue weighted by atomic mass is 10.2. The summed E-state index contributed by atoms with van der Waals surface area (Å²) in [4.78, 5) is 0. The van der Waals surface area contributed by atoms with E-state index in [1.54, 1.807) is 7.11 Å². The van der Waals surface area contributed by atoms with Crippen molar-refractivity contribution >= 4 is 34.8 Å². The molecule has 2 heterocycles. The van der Waals surface area contributed by atoms with Gasteiger partial charge in [-0.15, -0.1) is 12.2 Å². The molecule has 23 heavy (non-hydrogen) atoms. The lowest BCUT2D eigenvalue weighted by Crippen LogP contribution is -2.35. The summed E-state index contributed by atoms with van der Waals surface area (Å²) in [6.45, 7) is 5.73. The first kappa shape index (κ1) is 19.2. The van der Waals surface area contributed by atoms with Crippen molar-refractivity contribution in [3.8, 4) is 5.75 Å². The Morgan fingerprint density at radius 3 is 2.17 bits per heavy atom. The molecule has 1 aromatic carbocycles. The van der Waals surface area contributed by atoms with Gasteiger partial charge in [-0.05, 0) is 50.2 Å². The first-order valence-corrected chi connectivity index (χ1v) is 12.1. The van der Waals surface area contributed by atoms with Gasteiger partial charge in [-0.25, -0.2) is 0 Å². The van der Waals surface area contributed by atoms with Gasteiger partial charge < -0.3 is 14.8 Å². The fourth-order valence-corrected chi connectivity index (χ4v) is 5.93. The Balaban J connectivity index is 0.000000268. The lowest BCUT2D eigenvalue weighted by molar-refractivity contribution is 0.0758. The monoisotopic (exact) mass is 374 g/mol. The number of rotatable bonds is 3. The van der Waals surface area contributed by atoms with Crippen molar-refractivity contribution in [2.75, 3.05) is 46.5 Å². The second-order valence-corrected chi connectivity index (χ2v) is 11.9. The van der Waals surface area contributed by atoms with Crippen LogP contribution in [0.5, 0.6) is 5.75 Å². The van der Waals surface area contributed by atoms with Gasteiger partial charge in [0, 0.05) is 18.4 Å². The van der Waals surface area contributed by atoms with E-state index < -0.39 is 5.39 Å². The van der Waals surface area contributed by atoms with Crippen molar-refractivity contribution in [3.63, 3.8) is 0 Å². The normalized spacial score (nSPS) is 21.7. The highest BCUT2D eigenvalue weighted by Gasteiger charge is 2.25. The minimum Gasteiger partial charge on any atom is -0.497 e. The van der Waals surface area contributed by atoms with Crippen LogP contribution in [0.4, 0.5) is 0 Å². The van der Waals surface area contributed by atoms with Crippen LogP contribution in [0.25, 0.3) is 0 Å². The predicted molar refractivity (Wildman–Crippen MR) is 105 cm³/mol. The first-order valence-electron chi connectivity index (χ1n) is 8.16. The second kappa shape index (κ2) is 10.0. The van der Waals surface area contributed by atoms with Crippen LogP contribution in [-0.2, 0) is 16.5 Å². The molecule has 0 aromatic heterocycles. The zero-order valence-corrected chi connectivity index (χ0v) is 16.3. The highest BCUT2D eigenvalue weighted by Crippen LogP contribution is 2.53. The summed E-state index contributed by atoms with van der Waals surface area (Å²) in [5.74, 6) is 0.846. The molecule has 4 nitrogen and oxygen atoms in total. The van der Waals surface area contributed by atoms with Gasteiger partial charge in [0.05, 0.1) is 25.7 Å². The smallest absolute Gasteiger partial charge is 0.118 e. The van der Waals surface area contributed by atoms with Gasteiger partial charge in [0.15, 0.2) is 0 Å². The molecule has 0 saturated carbocycles. The molecule has 2 aliphatic rings. The SMILES string of the molecule is C1CCNCC1.COc1ccc(P(=S)(S)N2CCOCC2)cc1. The van der Waals surface area contributed by atoms with E-state index in [-0.39, 0.29) is 0 Å². The third kappa shape index (κ3) is 6.04. The van der Waals surface area contributed by atoms with Crippen LogP contribution in [0.1, 0.15) is 19.3 Å². The van der Waals surface area contributed by atoms with Gasteiger partial charge in [-0.3, -0.25) is 4.67 Å². The molecule has 7 heteroatoms. The van der Waals surface area contributed by atoms with Gasteiger partial charge in [-0.2, -0.15) is 0 Å². The first-order chi connectivity index (χ1) is 11.1. The standard InChI is InChI=1S/C11H16NO2PS2.C5H11N/c1-13-10-2-4-11(5-3-10)15(16,17)12-6-8-14-9-7-12;1-2-4-6-5-3-1/h2-5H,6-9H2,1H3,(H,16,17);6H,1-5H2. The number of ether oxygens (including phenoxy) is 2. The second-order valence-electron chi connectivity index (χ2n) is 5.62. The summed E-state index contributed by atoms with van der Waals surface area (Å²) >= 11 is 10.5. The molecule has 2 fully saturated rings. The van der Waals surface area contributed by atoms with Gasteiger partial charge in [-0.1, -0.05) is 18.2 Å². The number of piperidine rings is 1. The molecule has 130 valence electrons. The summed E-state index contributed by atoms with van der Waals surface area (Å²) in [5.41, 5.74) is 0. The van der Waals surface area contributed by atoms with Crippen LogP contribution in [0.2, 0.25) is 0 Å². The molecular formula is C16H27N2O2PS2. The Morgan fingerprint density at radius 1 is 1.13 bits per heavy atom. The molecule has 1 N–H and O–H groups in total. The average Bonchev–Trinajstić information content (AvgIpc) is 2.64. The third-order valence-corrected chi connectivity index (χ3v) is 8.90. The van der Waals surface area contributed by atoms with Crippen molar-refractivity contribution < 1.29 is 9.47 Å². The van der Waals surface area contributed by atoms with Crippen molar-refractivity contribution in [1.82, 2.24) is 9.99 Å². The number of benzene rings is 1. The molecule has 0 aliphatic carbocycles. The number of hydrogen-bond acceptors (Lipinski definition) is 4. The summed E-state index contributed by atoms with van der Waals surface area (Å²) < 4.78 is 12.8. The fraction of sp³-hybridized carbons (Fsp3) is 0.625. The van der Waals surface area contributed by atoms with Crippen LogP contribution in [-0.4, -0.2) is 51.2 Å². The van der Waals surface area contributed by atoms with Gasteiger partial charge >= 0.3 is 0 Å². The summed E-state index contributed by atoms with van der Waals surface area (Å²) in [6, 6.07) is 7.91. The van der Waals surface area contributed by atoms with Crippen LogP contribution in [0, 0.1) is 0 Å². The average molecular weight is 375 g/mol. The Hall–Kier alpha value is -0.100. The molecule has 0 amide bonds. The molecule has 0 spiro atoms. The molecule has 3 rings (SSSR count). The number of thiol groups is 1. The number of nitrogens with one attached hydrogen (secondary N) is 1. The highest BCUT2D eigenvalue weighted by atomic mass is 32.9. The van der Waals surface area contributed by atoms with Gasteiger partial charge in [0.1, 0.15) is 5.75 Å². The fourth-order valence-electron chi connectivity index (χ4n) is 2.57. The largest absolute Gasteiger partial charge is 0.497 e. The minimum atomic E-state index is -1.93. The molecule has 2 aliphatic heterocycles. The molecular weight excluding hydrogens is 347 g/mol. The number of hydrogen-bond donors (Lipinski definition) is 2. The Labute approximate surface area is 150 Å². The van der Waals surface area contributed by atoms with E-state index in [9.17, 15) is 0 Å². The predicted octanol–water partition coefficient (Wildman–Crippen LogP) is 2.65. The molecule has 2 saturated heterocycles. The van der Waals surface area contributed by atoms with Crippen LogP contribution < -0.4 is 15.4 Å². The molecule has 1 atom stereocenters. The van der Waals surface area contributed by atoms with Crippen molar-refractivity contribution in [3.05, 3.63) is 24.3 Å². The molecule has 1 aromatic rings. The topological polar surface area (TPSA) is 33.7 Å². The molecule has 1 unspecified atom stereocenters. The zero-order chi connectivity index (χ0) is 16.5. The number of nitrogens with zero attached hydrogens (tertiary/aromatic N) is 1. The molecule has 0 bridgehead atoms. The zero-order valence-electron chi connectivity index (χ0n) is 13.7. The summed E-state index contributed by atoms with van der Waals surface area (Å²) in [5, 5.41) is 2.47. The quantitative estimate of drug-likeness (QED) is 0.628. The van der Waals surface area contributed by atoms with Crippen LogP contribution in [0.15, 0.2) is 24.3 Å². The molecule has 0 radical (unpaired) electrons. The van der Waals surface area contributed by atoms with Gasteiger partial charge in [0.25, 0.3) is 0 Å². The third-order valence-electron chi connectivity index (χ3n) is 3.99. The lowest BCUT2D eigenvalue weighted by Gasteiger charge is -2.34. The van der Waals surface area contributed by atoms with Gasteiger partial charge in [0.2, 0.25) is 0 Å². The number of methoxy groups -OCH3 is 1. The Kier molecular flexibility index (Phi) is 8.38. The van der Waals surface area contributed by atoms with E-state index in [0.29, 0.717) is 0 Å². The van der Waals surface area contributed by atoms with E-state index in [4.69, 9.17) is 33.5 Å². The minimum absolute atomic E-state index is 0.745. The van der Waals surface area contributed by atoms with E-state index in [2.05, 4.69) is 9.99 Å². The van der Waals surface area contributed by atoms with Crippen molar-refractivity contribution in [1.29, 1.82) is 0 Å². The Bertz CT molecular complexity index is 492. The maximum atomic E-state index is 5.71. The van der Waals surface area contributed by atoms with E-state index in [1.165, 1.54) is 32.4 Å². The van der Waals surface area contributed by atoms with Crippen LogP contribution >= 0.6 is 17.6 Å². The number of morpholine rings is 1. The highest BCUT2D eigenvalue weighted by molar-refractivity contribution is 8.65. The maximum absolute atomic E-state index is 5.71. The van der Waals surface area contributed by atoms with E-state index in [0.717, 1.165) is 37.4 Å². The Morgan fingerprint density at radius 2 is 1.74 bits per heavy atom. The van der Waals surface area contributed by atoms with Crippen molar-refractivity contribution in [2.45, 2.75) is 19.3 Å². The van der Waals surface area contributed by atoms with E-state index in [1.807, 2.05) is 24.3 Å². The van der Waals surface area contributed by atoms with Crippen LogP contribution in [0.3, 0.4) is 0 Å².